The lowest BCUT2D eigenvalue weighted by atomic mass is 10.1. The minimum absolute atomic E-state index is 0.188. The molecular formula is C19H22FN3O. The molecule has 2 aliphatic rings. The Hall–Kier alpha value is -2.11. The Morgan fingerprint density at radius 1 is 1.17 bits per heavy atom. The van der Waals surface area contributed by atoms with Crippen LogP contribution in [0.25, 0.3) is 0 Å². The summed E-state index contributed by atoms with van der Waals surface area (Å²) in [5, 5.41) is 0. The lowest BCUT2D eigenvalue weighted by molar-refractivity contribution is 0.0898. The van der Waals surface area contributed by atoms with Crippen LogP contribution in [0.1, 0.15) is 23.7 Å². The van der Waals surface area contributed by atoms with E-state index in [1.54, 1.807) is 12.1 Å². The van der Waals surface area contributed by atoms with Gasteiger partial charge in [0.1, 0.15) is 6.10 Å². The maximum atomic E-state index is 14.2. The first kappa shape index (κ1) is 15.4. The molecule has 1 fully saturated rings. The van der Waals surface area contributed by atoms with Crippen LogP contribution in [0.2, 0.25) is 0 Å². The van der Waals surface area contributed by atoms with Gasteiger partial charge >= 0.3 is 0 Å². The summed E-state index contributed by atoms with van der Waals surface area (Å²) >= 11 is 0. The van der Waals surface area contributed by atoms with E-state index < -0.39 is 5.82 Å². The maximum Gasteiger partial charge on any atom is 0.167 e. The predicted molar refractivity (Wildman–Crippen MR) is 92.3 cm³/mol. The monoisotopic (exact) mass is 327 g/mol. The summed E-state index contributed by atoms with van der Waals surface area (Å²) in [6.45, 7) is 1.83. The smallest absolute Gasteiger partial charge is 0.167 e. The summed E-state index contributed by atoms with van der Waals surface area (Å²) in [6.07, 6.45) is 1.71. The fourth-order valence-corrected chi connectivity index (χ4v) is 3.87. The van der Waals surface area contributed by atoms with Gasteiger partial charge in [0.15, 0.2) is 11.6 Å². The van der Waals surface area contributed by atoms with Crippen LogP contribution < -0.4 is 16.2 Å². The summed E-state index contributed by atoms with van der Waals surface area (Å²) in [5.41, 5.74) is 14.5. The number of fused-ring (bicyclic) bond motifs is 1. The van der Waals surface area contributed by atoms with E-state index in [1.165, 1.54) is 11.6 Å². The zero-order chi connectivity index (χ0) is 16.7. The van der Waals surface area contributed by atoms with Crippen molar-refractivity contribution in [1.82, 2.24) is 4.90 Å². The average molecular weight is 327 g/mol. The molecule has 2 aromatic rings. The normalized spacial score (nSPS) is 26.5. The number of nitrogen functional groups attached to an aromatic ring is 1. The SMILES string of the molecule is Nc1ccc(O[C@@H]2c3ccccc3C[C@H]2N2CC[C@H](N)C2)c(F)c1. The molecule has 0 unspecified atom stereocenters. The Kier molecular flexibility index (Phi) is 3.90. The predicted octanol–water partition coefficient (Wildman–Crippen LogP) is 2.49. The van der Waals surface area contributed by atoms with E-state index in [0.29, 0.717) is 5.69 Å². The van der Waals surface area contributed by atoms with E-state index in [9.17, 15) is 4.39 Å². The van der Waals surface area contributed by atoms with Crippen LogP contribution in [0, 0.1) is 5.82 Å². The molecule has 0 aromatic heterocycles. The number of halogens is 1. The Balaban J connectivity index is 1.65. The first-order valence-corrected chi connectivity index (χ1v) is 8.41. The van der Waals surface area contributed by atoms with E-state index in [1.807, 2.05) is 12.1 Å². The fourth-order valence-electron chi connectivity index (χ4n) is 3.87. The van der Waals surface area contributed by atoms with Gasteiger partial charge in [-0.15, -0.1) is 0 Å². The number of rotatable bonds is 3. The van der Waals surface area contributed by atoms with Crippen LogP contribution in [-0.2, 0) is 6.42 Å². The molecule has 1 aliphatic heterocycles. The van der Waals surface area contributed by atoms with Gasteiger partial charge < -0.3 is 16.2 Å². The van der Waals surface area contributed by atoms with E-state index in [0.717, 1.165) is 31.5 Å². The number of nitrogens with zero attached hydrogens (tertiary/aromatic N) is 1. The topological polar surface area (TPSA) is 64.5 Å². The second-order valence-corrected chi connectivity index (χ2v) is 6.74. The number of ether oxygens (including phenoxy) is 1. The molecule has 24 heavy (non-hydrogen) atoms. The number of hydrogen-bond acceptors (Lipinski definition) is 4. The maximum absolute atomic E-state index is 14.2. The van der Waals surface area contributed by atoms with Gasteiger partial charge in [-0.1, -0.05) is 24.3 Å². The molecule has 1 heterocycles. The number of hydrogen-bond donors (Lipinski definition) is 2. The summed E-state index contributed by atoms with van der Waals surface area (Å²) in [4.78, 5) is 2.38. The summed E-state index contributed by atoms with van der Waals surface area (Å²) in [5.74, 6) is -0.171. The Morgan fingerprint density at radius 2 is 2.00 bits per heavy atom. The molecule has 2 aromatic carbocycles. The van der Waals surface area contributed by atoms with Crippen molar-refractivity contribution in [3.63, 3.8) is 0 Å². The summed E-state index contributed by atoms with van der Waals surface area (Å²) in [6, 6.07) is 13.2. The second kappa shape index (κ2) is 6.07. The minimum Gasteiger partial charge on any atom is -0.481 e. The van der Waals surface area contributed by atoms with E-state index in [-0.39, 0.29) is 23.9 Å². The number of benzene rings is 2. The van der Waals surface area contributed by atoms with E-state index >= 15 is 0 Å². The van der Waals surface area contributed by atoms with Crippen molar-refractivity contribution in [2.45, 2.75) is 31.0 Å². The third-order valence-corrected chi connectivity index (χ3v) is 5.08. The lowest BCUT2D eigenvalue weighted by Gasteiger charge is -2.30. The Morgan fingerprint density at radius 3 is 2.75 bits per heavy atom. The molecule has 1 aliphatic carbocycles. The number of likely N-dealkylation sites (tertiary alicyclic amines) is 1. The van der Waals surface area contributed by atoms with Gasteiger partial charge in [-0.2, -0.15) is 0 Å². The van der Waals surface area contributed by atoms with Crippen LogP contribution in [0.3, 0.4) is 0 Å². The van der Waals surface area contributed by atoms with Gasteiger partial charge in [-0.25, -0.2) is 4.39 Å². The van der Waals surface area contributed by atoms with Gasteiger partial charge in [-0.05, 0) is 36.1 Å². The highest BCUT2D eigenvalue weighted by atomic mass is 19.1. The van der Waals surface area contributed by atoms with Crippen molar-refractivity contribution in [2.75, 3.05) is 18.8 Å². The molecule has 0 radical (unpaired) electrons. The molecule has 4 N–H and O–H groups in total. The molecule has 3 atom stereocenters. The van der Waals surface area contributed by atoms with Gasteiger partial charge in [0.2, 0.25) is 0 Å². The van der Waals surface area contributed by atoms with Gasteiger partial charge in [0, 0.05) is 30.9 Å². The fraction of sp³-hybridized carbons (Fsp3) is 0.368. The van der Waals surface area contributed by atoms with Crippen molar-refractivity contribution in [1.29, 1.82) is 0 Å². The highest BCUT2D eigenvalue weighted by molar-refractivity contribution is 5.44. The molecule has 0 spiro atoms. The highest BCUT2D eigenvalue weighted by Gasteiger charge is 2.40. The number of anilines is 1. The average Bonchev–Trinajstić information content (AvgIpc) is 3.14. The third-order valence-electron chi connectivity index (χ3n) is 5.08. The van der Waals surface area contributed by atoms with Gasteiger partial charge in [-0.3, -0.25) is 4.90 Å². The highest BCUT2D eigenvalue weighted by Crippen LogP contribution is 2.39. The van der Waals surface area contributed by atoms with Crippen molar-refractivity contribution in [3.05, 3.63) is 59.4 Å². The van der Waals surface area contributed by atoms with Crippen molar-refractivity contribution in [2.24, 2.45) is 5.73 Å². The largest absolute Gasteiger partial charge is 0.481 e. The summed E-state index contributed by atoms with van der Waals surface area (Å²) in [7, 11) is 0. The quantitative estimate of drug-likeness (QED) is 0.850. The molecule has 126 valence electrons. The zero-order valence-corrected chi connectivity index (χ0v) is 13.5. The molecule has 4 nitrogen and oxygen atoms in total. The van der Waals surface area contributed by atoms with Crippen molar-refractivity contribution < 1.29 is 9.13 Å². The Labute approximate surface area is 141 Å². The van der Waals surface area contributed by atoms with Crippen LogP contribution in [0.5, 0.6) is 5.75 Å². The van der Waals surface area contributed by atoms with Gasteiger partial charge in [0.25, 0.3) is 0 Å². The standard InChI is InChI=1S/C19H22FN3O/c20-16-10-13(21)5-6-18(16)24-19-15-4-2-1-3-12(15)9-17(19)23-8-7-14(22)11-23/h1-6,10,14,17,19H,7-9,11,21-22H2/t14-,17+,19+/m0/s1. The molecular weight excluding hydrogens is 305 g/mol. The zero-order valence-electron chi connectivity index (χ0n) is 13.5. The van der Waals surface area contributed by atoms with E-state index in [4.69, 9.17) is 16.2 Å². The minimum atomic E-state index is -0.420. The summed E-state index contributed by atoms with van der Waals surface area (Å²) < 4.78 is 20.3. The van der Waals surface area contributed by atoms with Crippen LogP contribution in [-0.4, -0.2) is 30.1 Å². The third kappa shape index (κ3) is 2.74. The van der Waals surface area contributed by atoms with Crippen LogP contribution >= 0.6 is 0 Å². The van der Waals surface area contributed by atoms with Crippen molar-refractivity contribution >= 4 is 5.69 Å². The first-order chi connectivity index (χ1) is 11.6. The lowest BCUT2D eigenvalue weighted by Crippen LogP contribution is -2.40. The molecule has 1 saturated heterocycles. The van der Waals surface area contributed by atoms with Crippen LogP contribution in [0.15, 0.2) is 42.5 Å². The van der Waals surface area contributed by atoms with Crippen LogP contribution in [0.4, 0.5) is 10.1 Å². The molecule has 0 saturated carbocycles. The number of nitrogens with two attached hydrogens (primary N) is 2. The first-order valence-electron chi connectivity index (χ1n) is 8.41. The molecule has 0 amide bonds. The molecule has 4 rings (SSSR count). The van der Waals surface area contributed by atoms with E-state index in [2.05, 4.69) is 17.0 Å². The molecule has 5 heteroatoms. The van der Waals surface area contributed by atoms with Gasteiger partial charge in [0.05, 0.1) is 6.04 Å². The van der Waals surface area contributed by atoms with Crippen molar-refractivity contribution in [3.8, 4) is 5.75 Å². The Bertz CT molecular complexity index is 751. The molecule has 0 bridgehead atoms. The second-order valence-electron chi connectivity index (χ2n) is 6.74.